The Balaban J connectivity index is 1.60. The zero-order chi connectivity index (χ0) is 34.0. The largest absolute Gasteiger partial charge is 0.416 e. The number of benzene rings is 2. The SMILES string of the molecule is Cc1cc(F)ccc1-c1cc(N2C[C@@]3(C)CCCN3CC2=O)ncc1N(C)C(=O)C(C)(C)c1cc(C(F)(F)F)cc(C(F)(F)F)c1. The van der Waals surface area contributed by atoms with E-state index in [4.69, 9.17) is 0 Å². The Hall–Kier alpha value is -4.00. The maximum absolute atomic E-state index is 14.1. The third-order valence-corrected chi connectivity index (χ3v) is 9.17. The fourth-order valence-electron chi connectivity index (χ4n) is 6.38. The van der Waals surface area contributed by atoms with Crippen molar-refractivity contribution in [3.8, 4) is 11.1 Å². The number of anilines is 2. The molecule has 0 unspecified atom stereocenters. The minimum absolute atomic E-state index is 0.0128. The summed E-state index contributed by atoms with van der Waals surface area (Å²) in [7, 11) is 1.34. The smallest absolute Gasteiger partial charge is 0.313 e. The first-order chi connectivity index (χ1) is 21.2. The van der Waals surface area contributed by atoms with Crippen LogP contribution in [0.3, 0.4) is 0 Å². The highest BCUT2D eigenvalue weighted by molar-refractivity contribution is 6.04. The second-order valence-electron chi connectivity index (χ2n) is 12.8. The molecule has 5 rings (SSSR count). The van der Waals surface area contributed by atoms with Crippen molar-refractivity contribution in [3.63, 3.8) is 0 Å². The van der Waals surface area contributed by atoms with Crippen molar-refractivity contribution in [2.75, 3.05) is 36.5 Å². The van der Waals surface area contributed by atoms with Gasteiger partial charge in [0.15, 0.2) is 0 Å². The number of halogens is 7. The van der Waals surface area contributed by atoms with Crippen molar-refractivity contribution < 1.29 is 40.3 Å². The summed E-state index contributed by atoms with van der Waals surface area (Å²) in [4.78, 5) is 36.6. The predicted octanol–water partition coefficient (Wildman–Crippen LogP) is 7.38. The number of carbonyl (C=O) groups is 2. The van der Waals surface area contributed by atoms with E-state index in [1.165, 1.54) is 45.3 Å². The molecule has 46 heavy (non-hydrogen) atoms. The molecule has 1 atom stereocenters. The summed E-state index contributed by atoms with van der Waals surface area (Å²) in [6.07, 6.45) is -7.01. The van der Waals surface area contributed by atoms with Gasteiger partial charge in [-0.25, -0.2) is 9.37 Å². The number of amides is 2. The molecule has 0 bridgehead atoms. The van der Waals surface area contributed by atoms with Gasteiger partial charge in [-0.1, -0.05) is 6.07 Å². The topological polar surface area (TPSA) is 56.8 Å². The van der Waals surface area contributed by atoms with Crippen LogP contribution in [0.15, 0.2) is 48.7 Å². The van der Waals surface area contributed by atoms with E-state index in [1.807, 2.05) is 0 Å². The van der Waals surface area contributed by atoms with E-state index in [9.17, 15) is 40.3 Å². The molecule has 2 aliphatic heterocycles. The van der Waals surface area contributed by atoms with Crippen LogP contribution in [0.25, 0.3) is 11.1 Å². The van der Waals surface area contributed by atoms with Gasteiger partial charge in [-0.15, -0.1) is 0 Å². The minimum atomic E-state index is -5.09. The van der Waals surface area contributed by atoms with Gasteiger partial charge in [0.25, 0.3) is 0 Å². The number of hydrogen-bond acceptors (Lipinski definition) is 4. The van der Waals surface area contributed by atoms with Gasteiger partial charge in [0, 0.05) is 24.7 Å². The lowest BCUT2D eigenvalue weighted by Gasteiger charge is -2.44. The molecule has 13 heteroatoms. The van der Waals surface area contributed by atoms with Gasteiger partial charge < -0.3 is 4.90 Å². The molecule has 2 aliphatic rings. The lowest BCUT2D eigenvalue weighted by atomic mass is 9.81. The van der Waals surface area contributed by atoms with E-state index in [0.717, 1.165) is 24.3 Å². The van der Waals surface area contributed by atoms with Gasteiger partial charge in [0.2, 0.25) is 11.8 Å². The normalized spacial score (nSPS) is 19.4. The Morgan fingerprint density at radius 2 is 1.54 bits per heavy atom. The average molecular weight is 651 g/mol. The first-order valence-electron chi connectivity index (χ1n) is 14.6. The number of piperazine rings is 1. The molecule has 246 valence electrons. The average Bonchev–Trinajstić information content (AvgIpc) is 3.34. The second-order valence-corrected chi connectivity index (χ2v) is 12.8. The Morgan fingerprint density at radius 1 is 0.935 bits per heavy atom. The van der Waals surface area contributed by atoms with Crippen LogP contribution < -0.4 is 9.80 Å². The molecular formula is C33H33F7N4O2. The second kappa shape index (κ2) is 11.4. The Kier molecular flexibility index (Phi) is 8.24. The van der Waals surface area contributed by atoms with Crippen LogP contribution in [-0.4, -0.2) is 53.9 Å². The van der Waals surface area contributed by atoms with Gasteiger partial charge in [-0.3, -0.25) is 19.4 Å². The summed E-state index contributed by atoms with van der Waals surface area (Å²) >= 11 is 0. The molecule has 3 aromatic rings. The van der Waals surface area contributed by atoms with Crippen LogP contribution in [-0.2, 0) is 27.4 Å². The quantitative estimate of drug-likeness (QED) is 0.271. The van der Waals surface area contributed by atoms with E-state index < -0.39 is 46.2 Å². The van der Waals surface area contributed by atoms with Crippen molar-refractivity contribution in [1.29, 1.82) is 0 Å². The molecule has 6 nitrogen and oxygen atoms in total. The molecule has 3 heterocycles. The number of aromatic nitrogens is 1. The number of pyridine rings is 1. The molecule has 1 aromatic heterocycles. The summed E-state index contributed by atoms with van der Waals surface area (Å²) in [5, 5.41) is 0. The highest BCUT2D eigenvalue weighted by atomic mass is 19.4. The fraction of sp³-hybridized carbons (Fsp3) is 0.424. The molecule has 0 N–H and O–H groups in total. The van der Waals surface area contributed by atoms with Crippen LogP contribution in [0, 0.1) is 12.7 Å². The van der Waals surface area contributed by atoms with Crippen LogP contribution in [0.5, 0.6) is 0 Å². The van der Waals surface area contributed by atoms with Crippen molar-refractivity contribution in [1.82, 2.24) is 9.88 Å². The molecule has 0 saturated carbocycles. The number of nitrogens with zero attached hydrogens (tertiary/aromatic N) is 4. The third kappa shape index (κ3) is 6.08. The first-order valence-corrected chi connectivity index (χ1v) is 14.6. The van der Waals surface area contributed by atoms with E-state index in [0.29, 0.717) is 41.2 Å². The van der Waals surface area contributed by atoms with Crippen LogP contribution in [0.4, 0.5) is 42.2 Å². The zero-order valence-corrected chi connectivity index (χ0v) is 25.9. The number of aryl methyl sites for hydroxylation is 1. The Bertz CT molecular complexity index is 1670. The van der Waals surface area contributed by atoms with Crippen LogP contribution >= 0.6 is 0 Å². The summed E-state index contributed by atoms with van der Waals surface area (Å²) in [5.41, 5.74) is -4.14. The third-order valence-electron chi connectivity index (χ3n) is 9.17. The maximum Gasteiger partial charge on any atom is 0.416 e. The van der Waals surface area contributed by atoms with Crippen molar-refractivity contribution in [2.45, 2.75) is 63.8 Å². The maximum atomic E-state index is 14.1. The number of fused-ring (bicyclic) bond motifs is 1. The summed E-state index contributed by atoms with van der Waals surface area (Å²) in [6.45, 7) is 7.60. The molecule has 2 aromatic carbocycles. The number of likely N-dealkylation sites (N-methyl/N-ethyl adjacent to an activating group) is 1. The first kappa shape index (κ1) is 33.4. The van der Waals surface area contributed by atoms with Gasteiger partial charge in [0.05, 0.1) is 35.0 Å². The Morgan fingerprint density at radius 3 is 2.13 bits per heavy atom. The molecule has 2 amide bonds. The number of rotatable bonds is 5. The lowest BCUT2D eigenvalue weighted by molar-refractivity contribution is -0.143. The van der Waals surface area contributed by atoms with E-state index in [-0.39, 0.29) is 29.7 Å². The van der Waals surface area contributed by atoms with Gasteiger partial charge in [-0.05, 0) is 100 Å². The molecule has 0 radical (unpaired) electrons. The molecule has 0 aliphatic carbocycles. The van der Waals surface area contributed by atoms with Crippen molar-refractivity contribution in [3.05, 3.63) is 76.7 Å². The highest BCUT2D eigenvalue weighted by Gasteiger charge is 2.45. The van der Waals surface area contributed by atoms with Crippen LogP contribution in [0.2, 0.25) is 0 Å². The summed E-state index contributed by atoms with van der Waals surface area (Å²) in [6, 6.07) is 6.71. The highest BCUT2D eigenvalue weighted by Crippen LogP contribution is 2.42. The summed E-state index contributed by atoms with van der Waals surface area (Å²) in [5.74, 6) is -1.20. The monoisotopic (exact) mass is 650 g/mol. The zero-order valence-electron chi connectivity index (χ0n) is 25.9. The number of carbonyl (C=O) groups excluding carboxylic acids is 2. The standard InChI is InChI=1S/C33H33F7N4O2/c1-19-11-23(34)7-8-24(19)25-15-27(44-18-31(4)9-6-10-43(31)17-28(44)45)41-16-26(25)42(5)29(46)30(2,3)20-12-21(32(35,36)37)14-22(13-20)33(38,39)40/h7-8,11-16H,6,9-10,17-18H2,1-5H3/t31-/m1/s1. The summed E-state index contributed by atoms with van der Waals surface area (Å²) < 4.78 is 96.0. The Labute approximate surface area is 261 Å². The predicted molar refractivity (Wildman–Crippen MR) is 159 cm³/mol. The van der Waals surface area contributed by atoms with E-state index in [1.54, 1.807) is 17.9 Å². The van der Waals surface area contributed by atoms with E-state index >= 15 is 0 Å². The van der Waals surface area contributed by atoms with Crippen LogP contribution in [0.1, 0.15) is 55.9 Å². The molecule has 2 saturated heterocycles. The molecule has 0 spiro atoms. The molecular weight excluding hydrogens is 617 g/mol. The molecule has 2 fully saturated rings. The van der Waals surface area contributed by atoms with Gasteiger partial charge in [-0.2, -0.15) is 26.3 Å². The van der Waals surface area contributed by atoms with Crippen molar-refractivity contribution in [2.24, 2.45) is 0 Å². The van der Waals surface area contributed by atoms with Crippen molar-refractivity contribution >= 4 is 23.3 Å². The van der Waals surface area contributed by atoms with E-state index in [2.05, 4.69) is 16.8 Å². The lowest BCUT2D eigenvalue weighted by Crippen LogP contribution is -2.60. The fourth-order valence-corrected chi connectivity index (χ4v) is 6.38. The number of hydrogen-bond donors (Lipinski definition) is 0. The minimum Gasteiger partial charge on any atom is -0.313 e. The van der Waals surface area contributed by atoms with Gasteiger partial charge >= 0.3 is 12.4 Å². The number of alkyl halides is 6. The van der Waals surface area contributed by atoms with Gasteiger partial charge in [0.1, 0.15) is 11.6 Å².